The highest BCUT2D eigenvalue weighted by Crippen LogP contribution is 2.18. The van der Waals surface area contributed by atoms with Crippen LogP contribution in [0, 0.1) is 6.92 Å². The largest absolute Gasteiger partial charge is 0.481 e. The van der Waals surface area contributed by atoms with Gasteiger partial charge in [0.05, 0.1) is 11.8 Å². The number of furan rings is 1. The average molecular weight is 307 g/mol. The lowest BCUT2D eigenvalue weighted by atomic mass is 10.1. The Morgan fingerprint density at radius 1 is 1.48 bits per heavy atom. The first-order valence-electron chi connectivity index (χ1n) is 6.59. The lowest BCUT2D eigenvalue weighted by Gasteiger charge is -2.13. The molecule has 0 saturated carbocycles. The van der Waals surface area contributed by atoms with Crippen molar-refractivity contribution in [2.75, 3.05) is 0 Å². The van der Waals surface area contributed by atoms with Crippen LogP contribution < -0.4 is 5.32 Å². The second-order valence-electron chi connectivity index (χ2n) is 4.95. The zero-order valence-corrected chi connectivity index (χ0v) is 12.7. The number of nitrogens with one attached hydrogen (secondary N) is 1. The zero-order chi connectivity index (χ0) is 15.4. The minimum atomic E-state index is -1.02. The third kappa shape index (κ3) is 3.95. The molecule has 0 spiro atoms. The molecule has 0 aromatic carbocycles. The van der Waals surface area contributed by atoms with Gasteiger partial charge in [0.1, 0.15) is 12.2 Å². The van der Waals surface area contributed by atoms with Gasteiger partial charge in [0.2, 0.25) is 0 Å². The summed E-state index contributed by atoms with van der Waals surface area (Å²) in [6, 6.07) is 3.95. The Kier molecular flexibility index (Phi) is 4.80. The number of carboxylic acid groups (broad SMARTS) is 1. The maximum atomic E-state index is 12.3. The second kappa shape index (κ2) is 6.58. The first-order valence-corrected chi connectivity index (χ1v) is 7.47. The highest BCUT2D eigenvalue weighted by molar-refractivity contribution is 7.09. The van der Waals surface area contributed by atoms with Gasteiger partial charge in [-0.15, -0.1) is 11.3 Å². The Bertz CT molecular complexity index is 630. The Balaban J connectivity index is 2.06. The van der Waals surface area contributed by atoms with Gasteiger partial charge in [-0.1, -0.05) is 6.07 Å². The van der Waals surface area contributed by atoms with Gasteiger partial charge in [-0.2, -0.15) is 0 Å². The molecule has 1 amide bonds. The number of carbonyl (C=O) groups excluding carboxylic acids is 1. The molecule has 0 aliphatic carbocycles. The number of aryl methyl sites for hydroxylation is 1. The van der Waals surface area contributed by atoms with Crippen LogP contribution in [0.15, 0.2) is 28.2 Å². The number of thiophene rings is 1. The van der Waals surface area contributed by atoms with Crippen LogP contribution in [0.3, 0.4) is 0 Å². The number of carbonyl (C=O) groups is 2. The monoisotopic (exact) mass is 307 g/mol. The Hall–Kier alpha value is -2.08. The van der Waals surface area contributed by atoms with Crippen molar-refractivity contribution in [1.82, 2.24) is 5.32 Å². The summed E-state index contributed by atoms with van der Waals surface area (Å²) >= 11 is 1.64. The lowest BCUT2D eigenvalue weighted by molar-refractivity contribution is -0.136. The van der Waals surface area contributed by atoms with E-state index in [0.717, 1.165) is 6.42 Å². The molecule has 0 aliphatic heterocycles. The molecular formula is C15H17NO4S. The fraction of sp³-hybridized carbons (Fsp3) is 0.333. The van der Waals surface area contributed by atoms with Gasteiger partial charge in [-0.25, -0.2) is 0 Å². The summed E-state index contributed by atoms with van der Waals surface area (Å²) in [5.74, 6) is -1.12. The summed E-state index contributed by atoms with van der Waals surface area (Å²) in [5, 5.41) is 13.7. The highest BCUT2D eigenvalue weighted by atomic mass is 32.1. The van der Waals surface area contributed by atoms with E-state index in [4.69, 9.17) is 9.52 Å². The normalized spacial score (nSPS) is 12.1. The molecule has 2 heterocycles. The average Bonchev–Trinajstić information content (AvgIpc) is 2.98. The summed E-state index contributed by atoms with van der Waals surface area (Å²) in [6.07, 6.45) is 1.86. The van der Waals surface area contributed by atoms with Gasteiger partial charge in [0, 0.05) is 22.9 Å². The molecule has 21 heavy (non-hydrogen) atoms. The Morgan fingerprint density at radius 3 is 2.86 bits per heavy atom. The van der Waals surface area contributed by atoms with Gasteiger partial charge in [-0.3, -0.25) is 9.59 Å². The number of aliphatic carboxylic acids is 1. The summed E-state index contributed by atoms with van der Waals surface area (Å²) < 4.78 is 5.18. The second-order valence-corrected chi connectivity index (χ2v) is 5.98. The number of rotatable bonds is 6. The number of hydrogen-bond donors (Lipinski definition) is 2. The quantitative estimate of drug-likeness (QED) is 0.860. The lowest BCUT2D eigenvalue weighted by Crippen LogP contribution is -2.34. The fourth-order valence-electron chi connectivity index (χ4n) is 2.15. The van der Waals surface area contributed by atoms with Gasteiger partial charge < -0.3 is 14.8 Å². The van der Waals surface area contributed by atoms with Gasteiger partial charge >= 0.3 is 5.97 Å². The van der Waals surface area contributed by atoms with Crippen LogP contribution >= 0.6 is 11.3 Å². The molecule has 2 N–H and O–H groups in total. The van der Waals surface area contributed by atoms with E-state index in [0.29, 0.717) is 11.1 Å². The van der Waals surface area contributed by atoms with Crippen molar-refractivity contribution in [3.8, 4) is 0 Å². The van der Waals surface area contributed by atoms with Crippen molar-refractivity contribution in [2.45, 2.75) is 32.7 Å². The van der Waals surface area contributed by atoms with Crippen molar-refractivity contribution in [2.24, 2.45) is 0 Å². The van der Waals surface area contributed by atoms with Crippen LogP contribution in [0.4, 0.5) is 0 Å². The van der Waals surface area contributed by atoms with E-state index in [1.54, 1.807) is 18.3 Å². The van der Waals surface area contributed by atoms with Gasteiger partial charge in [0.15, 0.2) is 0 Å². The zero-order valence-electron chi connectivity index (χ0n) is 11.9. The minimum Gasteiger partial charge on any atom is -0.481 e. The highest BCUT2D eigenvalue weighted by Gasteiger charge is 2.21. The van der Waals surface area contributed by atoms with Crippen LogP contribution in [-0.2, 0) is 17.6 Å². The predicted molar refractivity (Wildman–Crippen MR) is 79.7 cm³/mol. The summed E-state index contributed by atoms with van der Waals surface area (Å²) in [6.45, 7) is 3.65. The molecule has 0 fully saturated rings. The molecule has 0 aliphatic rings. The first kappa shape index (κ1) is 15.3. The Morgan fingerprint density at radius 2 is 2.24 bits per heavy atom. The molecule has 2 aromatic heterocycles. The molecule has 0 saturated heterocycles. The van der Waals surface area contributed by atoms with E-state index in [2.05, 4.69) is 5.32 Å². The fourth-order valence-corrected chi connectivity index (χ4v) is 2.98. The van der Waals surface area contributed by atoms with Gasteiger partial charge in [0.25, 0.3) is 5.91 Å². The molecule has 0 radical (unpaired) electrons. The van der Waals surface area contributed by atoms with E-state index >= 15 is 0 Å². The molecule has 0 bridgehead atoms. The van der Waals surface area contributed by atoms with E-state index in [1.165, 1.54) is 11.1 Å². The van der Waals surface area contributed by atoms with Crippen LogP contribution in [0.1, 0.15) is 33.5 Å². The molecule has 6 heteroatoms. The standard InChI is InChI=1S/C15H17NO4S/c1-9-8-20-12(7-13(17)18)14(9)15(19)16-10(2)6-11-4-3-5-21-11/h3-5,8,10H,6-7H2,1-2H3,(H,16,19)(H,17,18). The molecule has 112 valence electrons. The predicted octanol–water partition coefficient (Wildman–Crippen LogP) is 2.64. The molecule has 2 aromatic rings. The maximum Gasteiger partial charge on any atom is 0.311 e. The smallest absolute Gasteiger partial charge is 0.311 e. The van der Waals surface area contributed by atoms with Gasteiger partial charge in [-0.05, 0) is 25.3 Å². The third-order valence-corrected chi connectivity index (χ3v) is 3.95. The molecular weight excluding hydrogens is 290 g/mol. The van der Waals surface area contributed by atoms with Crippen molar-refractivity contribution < 1.29 is 19.1 Å². The van der Waals surface area contributed by atoms with E-state index in [9.17, 15) is 9.59 Å². The number of amides is 1. The van der Waals surface area contributed by atoms with Crippen molar-refractivity contribution in [1.29, 1.82) is 0 Å². The summed E-state index contributed by atoms with van der Waals surface area (Å²) in [5.41, 5.74) is 0.975. The molecule has 1 unspecified atom stereocenters. The SMILES string of the molecule is Cc1coc(CC(=O)O)c1C(=O)NC(C)Cc1cccs1. The van der Waals surface area contributed by atoms with Crippen LogP contribution in [0.2, 0.25) is 0 Å². The Labute approximate surface area is 126 Å². The number of carboxylic acids is 1. The van der Waals surface area contributed by atoms with Crippen LogP contribution in [0.5, 0.6) is 0 Å². The summed E-state index contributed by atoms with van der Waals surface area (Å²) in [4.78, 5) is 24.3. The van der Waals surface area contributed by atoms with E-state index in [-0.39, 0.29) is 24.1 Å². The summed E-state index contributed by atoms with van der Waals surface area (Å²) in [7, 11) is 0. The maximum absolute atomic E-state index is 12.3. The minimum absolute atomic E-state index is 0.0388. The topological polar surface area (TPSA) is 79.5 Å². The third-order valence-electron chi connectivity index (χ3n) is 3.05. The van der Waals surface area contributed by atoms with E-state index < -0.39 is 5.97 Å². The van der Waals surface area contributed by atoms with Crippen molar-refractivity contribution in [3.05, 3.63) is 45.5 Å². The molecule has 5 nitrogen and oxygen atoms in total. The van der Waals surface area contributed by atoms with Crippen LogP contribution in [-0.4, -0.2) is 23.0 Å². The molecule has 1 atom stereocenters. The van der Waals surface area contributed by atoms with E-state index in [1.807, 2.05) is 24.4 Å². The van der Waals surface area contributed by atoms with Crippen molar-refractivity contribution in [3.63, 3.8) is 0 Å². The number of hydrogen-bond acceptors (Lipinski definition) is 4. The molecule has 2 rings (SSSR count). The van der Waals surface area contributed by atoms with Crippen LogP contribution in [0.25, 0.3) is 0 Å². The van der Waals surface area contributed by atoms with Crippen molar-refractivity contribution >= 4 is 23.2 Å². The first-order chi connectivity index (χ1) is 9.97.